The van der Waals surface area contributed by atoms with Crippen molar-refractivity contribution >= 4 is 0 Å². The predicted molar refractivity (Wildman–Crippen MR) is 57.6 cm³/mol. The number of rotatable bonds is 2. The first-order valence-electron chi connectivity index (χ1n) is 5.05. The molecule has 5 nitrogen and oxygen atoms in total. The zero-order valence-corrected chi connectivity index (χ0v) is 9.64. The number of methoxy groups -OCH3 is 1. The quantitative estimate of drug-likeness (QED) is 0.837. The molecule has 2 aromatic rings. The molecular weight excluding hydrogens is 261 g/mol. The summed E-state index contributed by atoms with van der Waals surface area (Å²) in [7, 11) is 1.33. The summed E-state index contributed by atoms with van der Waals surface area (Å²) in [5, 5.41) is 15.3. The molecule has 2 rings (SSSR count). The summed E-state index contributed by atoms with van der Waals surface area (Å²) in [5.41, 5.74) is -1.94. The minimum Gasteiger partial charge on any atom is -0.494 e. The fraction of sp³-hybridized carbons (Fsp3) is 0.182. The van der Waals surface area contributed by atoms with E-state index in [0.717, 1.165) is 0 Å². The van der Waals surface area contributed by atoms with Crippen LogP contribution in [0.25, 0.3) is 5.69 Å². The van der Waals surface area contributed by atoms with E-state index >= 15 is 0 Å². The summed E-state index contributed by atoms with van der Waals surface area (Å²) in [5.74, 6) is 0.197. The van der Waals surface area contributed by atoms with Crippen molar-refractivity contribution in [1.82, 2.24) is 15.0 Å². The average Bonchev–Trinajstić information content (AvgIpc) is 2.82. The highest BCUT2D eigenvalue weighted by Gasteiger charge is 2.40. The average molecular weight is 268 g/mol. The van der Waals surface area contributed by atoms with Crippen molar-refractivity contribution in [3.8, 4) is 17.5 Å². The monoisotopic (exact) mass is 268 g/mol. The van der Waals surface area contributed by atoms with Crippen LogP contribution < -0.4 is 4.74 Å². The lowest BCUT2D eigenvalue weighted by Gasteiger charge is -2.12. The number of nitrogens with zero attached hydrogens (tertiary/aromatic N) is 4. The number of alkyl halides is 3. The summed E-state index contributed by atoms with van der Waals surface area (Å²) < 4.78 is 44.4. The van der Waals surface area contributed by atoms with Crippen molar-refractivity contribution in [3.63, 3.8) is 0 Å². The van der Waals surface area contributed by atoms with E-state index in [0.29, 0.717) is 4.68 Å². The molecule has 0 aliphatic carbocycles. The standard InChI is InChI=1S/C11H7F3N4O/c1-19-9-5-3-2-4-8(9)18-10(11(12,13)14)7(6-15)16-17-18/h2-5H,1H3. The predicted octanol–water partition coefficient (Wildman–Crippen LogP) is 2.17. The van der Waals surface area contributed by atoms with Gasteiger partial charge in [-0.15, -0.1) is 5.10 Å². The molecule has 0 saturated heterocycles. The molecule has 1 heterocycles. The van der Waals surface area contributed by atoms with Crippen molar-refractivity contribution in [2.24, 2.45) is 0 Å². The van der Waals surface area contributed by atoms with Crippen molar-refractivity contribution in [1.29, 1.82) is 5.26 Å². The number of ether oxygens (including phenoxy) is 1. The minimum absolute atomic E-state index is 0.0614. The number of nitriles is 1. The molecule has 0 saturated carbocycles. The summed E-state index contributed by atoms with van der Waals surface area (Å²) >= 11 is 0. The first-order valence-corrected chi connectivity index (χ1v) is 5.05. The number of halogens is 3. The zero-order valence-electron chi connectivity index (χ0n) is 9.64. The Morgan fingerprint density at radius 1 is 1.32 bits per heavy atom. The van der Waals surface area contributed by atoms with Gasteiger partial charge >= 0.3 is 6.18 Å². The van der Waals surface area contributed by atoms with E-state index in [4.69, 9.17) is 10.00 Å². The number of aromatic nitrogens is 3. The van der Waals surface area contributed by atoms with Crippen LogP contribution in [0.3, 0.4) is 0 Å². The highest BCUT2D eigenvalue weighted by atomic mass is 19.4. The summed E-state index contributed by atoms with van der Waals surface area (Å²) in [6.07, 6.45) is -4.74. The molecule has 0 fully saturated rings. The number of para-hydroxylation sites is 2. The minimum atomic E-state index is -4.74. The normalized spacial score (nSPS) is 11.1. The second-order valence-corrected chi connectivity index (χ2v) is 3.48. The molecule has 98 valence electrons. The SMILES string of the molecule is COc1ccccc1-n1nnc(C#N)c1C(F)(F)F. The lowest BCUT2D eigenvalue weighted by atomic mass is 10.2. The Morgan fingerprint density at radius 3 is 2.58 bits per heavy atom. The summed E-state index contributed by atoms with van der Waals surface area (Å²) in [6.45, 7) is 0. The Hall–Kier alpha value is -2.56. The van der Waals surface area contributed by atoms with E-state index in [1.807, 2.05) is 0 Å². The Labute approximate surface area is 105 Å². The van der Waals surface area contributed by atoms with Crippen molar-refractivity contribution < 1.29 is 17.9 Å². The highest BCUT2D eigenvalue weighted by molar-refractivity contribution is 5.48. The van der Waals surface area contributed by atoms with Gasteiger partial charge in [-0.3, -0.25) is 0 Å². The van der Waals surface area contributed by atoms with Crippen LogP contribution in [0.2, 0.25) is 0 Å². The van der Waals surface area contributed by atoms with Gasteiger partial charge in [0, 0.05) is 0 Å². The molecule has 0 spiro atoms. The molecule has 19 heavy (non-hydrogen) atoms. The van der Waals surface area contributed by atoms with Crippen LogP contribution in [-0.2, 0) is 6.18 Å². The Balaban J connectivity index is 2.71. The van der Waals surface area contributed by atoms with Crippen molar-refractivity contribution in [2.45, 2.75) is 6.18 Å². The molecule has 0 amide bonds. The molecule has 0 bridgehead atoms. The molecule has 0 aliphatic rings. The van der Waals surface area contributed by atoms with Gasteiger partial charge in [0.25, 0.3) is 0 Å². The molecule has 0 unspecified atom stereocenters. The molecule has 1 aromatic heterocycles. The Morgan fingerprint density at radius 2 is 2.00 bits per heavy atom. The van der Waals surface area contributed by atoms with Crippen LogP contribution in [0.4, 0.5) is 13.2 Å². The lowest BCUT2D eigenvalue weighted by molar-refractivity contribution is -0.143. The van der Waals surface area contributed by atoms with Crippen LogP contribution in [-0.4, -0.2) is 22.1 Å². The van der Waals surface area contributed by atoms with Crippen LogP contribution in [0, 0.1) is 11.3 Å². The van der Waals surface area contributed by atoms with Gasteiger partial charge < -0.3 is 4.74 Å². The van der Waals surface area contributed by atoms with Gasteiger partial charge in [0.2, 0.25) is 0 Å². The largest absolute Gasteiger partial charge is 0.494 e. The smallest absolute Gasteiger partial charge is 0.436 e. The number of hydrogen-bond donors (Lipinski definition) is 0. The van der Waals surface area contributed by atoms with Crippen LogP contribution in [0.5, 0.6) is 5.75 Å². The van der Waals surface area contributed by atoms with Crippen molar-refractivity contribution in [3.05, 3.63) is 35.7 Å². The Kier molecular flexibility index (Phi) is 3.12. The van der Waals surface area contributed by atoms with E-state index in [2.05, 4.69) is 10.3 Å². The Bertz CT molecular complexity index is 642. The molecule has 8 heteroatoms. The molecule has 0 atom stereocenters. The number of hydrogen-bond acceptors (Lipinski definition) is 4. The maximum Gasteiger partial charge on any atom is 0.436 e. The van der Waals surface area contributed by atoms with E-state index in [-0.39, 0.29) is 11.4 Å². The van der Waals surface area contributed by atoms with Gasteiger partial charge in [-0.1, -0.05) is 17.3 Å². The molecule has 1 aromatic carbocycles. The summed E-state index contributed by atoms with van der Waals surface area (Å²) in [4.78, 5) is 0. The highest BCUT2D eigenvalue weighted by Crippen LogP contribution is 2.34. The van der Waals surface area contributed by atoms with Gasteiger partial charge in [-0.05, 0) is 12.1 Å². The second kappa shape index (κ2) is 4.61. The van der Waals surface area contributed by atoms with Crippen LogP contribution in [0.15, 0.2) is 24.3 Å². The maximum atomic E-state index is 13.0. The first-order chi connectivity index (χ1) is 8.99. The van der Waals surface area contributed by atoms with E-state index < -0.39 is 17.6 Å². The third kappa shape index (κ3) is 2.22. The van der Waals surface area contributed by atoms with Gasteiger partial charge in [-0.2, -0.15) is 18.4 Å². The molecule has 0 aliphatic heterocycles. The van der Waals surface area contributed by atoms with E-state index in [1.54, 1.807) is 6.07 Å². The lowest BCUT2D eigenvalue weighted by Crippen LogP contribution is -2.15. The van der Waals surface area contributed by atoms with E-state index in [1.165, 1.54) is 31.4 Å². The van der Waals surface area contributed by atoms with Gasteiger partial charge in [0.15, 0.2) is 11.4 Å². The van der Waals surface area contributed by atoms with Gasteiger partial charge in [0.1, 0.15) is 17.5 Å². The molecular formula is C11H7F3N4O. The number of benzene rings is 1. The second-order valence-electron chi connectivity index (χ2n) is 3.48. The molecule has 0 N–H and O–H groups in total. The van der Waals surface area contributed by atoms with Crippen molar-refractivity contribution in [2.75, 3.05) is 7.11 Å². The fourth-order valence-corrected chi connectivity index (χ4v) is 1.58. The van der Waals surface area contributed by atoms with E-state index in [9.17, 15) is 13.2 Å². The van der Waals surface area contributed by atoms with Gasteiger partial charge in [0.05, 0.1) is 7.11 Å². The van der Waals surface area contributed by atoms with Gasteiger partial charge in [-0.25, -0.2) is 4.68 Å². The summed E-state index contributed by atoms with van der Waals surface area (Å²) in [6, 6.07) is 7.40. The molecule has 0 radical (unpaired) electrons. The first kappa shape index (κ1) is 12.9. The van der Waals surface area contributed by atoms with Crippen LogP contribution in [0.1, 0.15) is 11.4 Å². The fourth-order valence-electron chi connectivity index (χ4n) is 1.58. The topological polar surface area (TPSA) is 63.7 Å². The third-order valence-electron chi connectivity index (χ3n) is 2.36. The zero-order chi connectivity index (χ0) is 14.0. The maximum absolute atomic E-state index is 13.0. The third-order valence-corrected chi connectivity index (χ3v) is 2.36. The van der Waals surface area contributed by atoms with Crippen LogP contribution >= 0.6 is 0 Å².